The molecule has 0 spiro atoms. The topological polar surface area (TPSA) is 70.5 Å². The number of aryl methyl sites for hydroxylation is 3. The Morgan fingerprint density at radius 3 is 1.97 bits per heavy atom. The van der Waals surface area contributed by atoms with Gasteiger partial charge in [0.2, 0.25) is 0 Å². The first kappa shape index (κ1) is 18.7. The van der Waals surface area contributed by atoms with Crippen LogP contribution in [-0.2, 0) is 4.79 Å². The fourth-order valence-corrected chi connectivity index (χ4v) is 3.29. The highest BCUT2D eigenvalue weighted by atomic mass is 16.2. The molecule has 0 saturated heterocycles. The molecule has 146 valence electrons. The maximum Gasteiger partial charge on any atom is 0.280 e. The van der Waals surface area contributed by atoms with E-state index in [2.05, 4.69) is 10.2 Å². The van der Waals surface area contributed by atoms with Crippen LogP contribution in [0.25, 0.3) is 11.8 Å². The molecule has 0 fully saturated rings. The first-order chi connectivity index (χ1) is 13.8. The fourth-order valence-electron chi connectivity index (χ4n) is 3.29. The molecule has 1 N–H and O–H groups in total. The van der Waals surface area contributed by atoms with E-state index in [0.29, 0.717) is 28.2 Å². The molecule has 29 heavy (non-hydrogen) atoms. The van der Waals surface area contributed by atoms with Crippen LogP contribution in [0.5, 0.6) is 0 Å². The summed E-state index contributed by atoms with van der Waals surface area (Å²) in [5.41, 5.74) is 5.62. The number of aromatic amines is 1. The summed E-state index contributed by atoms with van der Waals surface area (Å²) in [6.07, 6.45) is 1.63. The third-order valence-electron chi connectivity index (χ3n) is 5.04. The van der Waals surface area contributed by atoms with Gasteiger partial charge in [-0.1, -0.05) is 35.4 Å². The van der Waals surface area contributed by atoms with Crippen LogP contribution in [0.2, 0.25) is 0 Å². The van der Waals surface area contributed by atoms with Gasteiger partial charge < -0.3 is 0 Å². The van der Waals surface area contributed by atoms with Crippen LogP contribution in [-0.4, -0.2) is 21.4 Å². The minimum atomic E-state index is -0.242. The largest absolute Gasteiger partial charge is 0.295 e. The number of carbonyl (C=O) groups excluding carboxylic acids is 1. The fraction of sp³-hybridized carbons (Fsp3) is 0.174. The van der Waals surface area contributed by atoms with Crippen molar-refractivity contribution in [3.63, 3.8) is 0 Å². The number of anilines is 1. The molecule has 6 nitrogen and oxygen atoms in total. The summed E-state index contributed by atoms with van der Waals surface area (Å²) < 4.78 is 1.49. The molecule has 0 bridgehead atoms. The lowest BCUT2D eigenvalue weighted by atomic mass is 10.1. The second kappa shape index (κ2) is 7.05. The number of nitrogens with one attached hydrogen (secondary N) is 1. The average molecular weight is 386 g/mol. The van der Waals surface area contributed by atoms with Crippen molar-refractivity contribution in [3.8, 4) is 5.69 Å². The van der Waals surface area contributed by atoms with E-state index in [1.54, 1.807) is 13.0 Å². The molecule has 0 saturated carbocycles. The molecule has 1 aliphatic heterocycles. The average Bonchev–Trinajstić information content (AvgIpc) is 3.14. The Labute approximate surface area is 168 Å². The van der Waals surface area contributed by atoms with Crippen molar-refractivity contribution < 1.29 is 4.79 Å². The van der Waals surface area contributed by atoms with Crippen molar-refractivity contribution in [2.24, 2.45) is 5.10 Å². The molecular weight excluding hydrogens is 364 g/mol. The summed E-state index contributed by atoms with van der Waals surface area (Å²) in [7, 11) is 0. The minimum Gasteiger partial charge on any atom is -0.295 e. The van der Waals surface area contributed by atoms with Crippen LogP contribution in [0.15, 0.2) is 64.0 Å². The zero-order valence-corrected chi connectivity index (χ0v) is 16.9. The molecular formula is C23H22N4O2. The van der Waals surface area contributed by atoms with Gasteiger partial charge in [0.15, 0.2) is 0 Å². The Morgan fingerprint density at radius 2 is 1.38 bits per heavy atom. The Bertz CT molecular complexity index is 1210. The molecule has 2 heterocycles. The molecule has 3 aromatic rings. The third kappa shape index (κ3) is 3.33. The Hall–Kier alpha value is -3.67. The van der Waals surface area contributed by atoms with Crippen molar-refractivity contribution in [3.05, 3.63) is 86.8 Å². The van der Waals surface area contributed by atoms with Crippen LogP contribution in [0, 0.1) is 20.8 Å². The first-order valence-corrected chi connectivity index (χ1v) is 9.42. The SMILES string of the molecule is CC1=NN(c2ccc(C)cc2)C(=O)/C1=C/c1c(C)[nH]n(-c2ccc(C)cc2)c1=O. The third-order valence-corrected chi connectivity index (χ3v) is 5.04. The number of H-pyrrole nitrogens is 1. The van der Waals surface area contributed by atoms with Gasteiger partial charge in [-0.05, 0) is 58.0 Å². The summed E-state index contributed by atoms with van der Waals surface area (Å²) >= 11 is 0. The van der Waals surface area contributed by atoms with Gasteiger partial charge in [0.25, 0.3) is 11.5 Å². The highest BCUT2D eigenvalue weighted by Crippen LogP contribution is 2.25. The lowest BCUT2D eigenvalue weighted by Crippen LogP contribution is -2.22. The van der Waals surface area contributed by atoms with Crippen molar-refractivity contribution in [2.75, 3.05) is 5.01 Å². The van der Waals surface area contributed by atoms with Gasteiger partial charge >= 0.3 is 0 Å². The van der Waals surface area contributed by atoms with Gasteiger partial charge in [0.1, 0.15) is 0 Å². The van der Waals surface area contributed by atoms with E-state index < -0.39 is 0 Å². The quantitative estimate of drug-likeness (QED) is 0.694. The molecule has 6 heteroatoms. The van der Waals surface area contributed by atoms with Gasteiger partial charge in [-0.2, -0.15) is 10.1 Å². The van der Waals surface area contributed by atoms with E-state index in [-0.39, 0.29) is 11.5 Å². The van der Waals surface area contributed by atoms with Crippen LogP contribution < -0.4 is 10.6 Å². The predicted molar refractivity (Wildman–Crippen MR) is 116 cm³/mol. The monoisotopic (exact) mass is 386 g/mol. The smallest absolute Gasteiger partial charge is 0.280 e. The summed E-state index contributed by atoms with van der Waals surface area (Å²) in [5.74, 6) is -0.242. The lowest BCUT2D eigenvalue weighted by Gasteiger charge is -2.11. The molecule has 0 atom stereocenters. The van der Waals surface area contributed by atoms with Gasteiger partial charge in [-0.25, -0.2) is 4.68 Å². The van der Waals surface area contributed by atoms with E-state index >= 15 is 0 Å². The molecule has 0 aliphatic carbocycles. The van der Waals surface area contributed by atoms with E-state index in [0.717, 1.165) is 16.8 Å². The molecule has 2 aromatic carbocycles. The Kier molecular flexibility index (Phi) is 4.54. The highest BCUT2D eigenvalue weighted by Gasteiger charge is 2.29. The van der Waals surface area contributed by atoms with Crippen molar-refractivity contribution in [2.45, 2.75) is 27.7 Å². The summed E-state index contributed by atoms with van der Waals surface area (Å²) in [6, 6.07) is 15.3. The number of carbonyl (C=O) groups is 1. The van der Waals surface area contributed by atoms with Crippen molar-refractivity contribution in [1.82, 2.24) is 9.78 Å². The molecule has 4 rings (SSSR count). The van der Waals surface area contributed by atoms with Gasteiger partial charge in [0, 0.05) is 5.69 Å². The molecule has 1 aliphatic rings. The number of amides is 1. The Morgan fingerprint density at radius 1 is 0.828 bits per heavy atom. The Balaban J connectivity index is 1.72. The van der Waals surface area contributed by atoms with E-state index in [1.165, 1.54) is 9.69 Å². The number of hydrazone groups is 1. The number of rotatable bonds is 3. The number of aromatic nitrogens is 2. The summed E-state index contributed by atoms with van der Waals surface area (Å²) in [4.78, 5) is 26.0. The number of benzene rings is 2. The van der Waals surface area contributed by atoms with Gasteiger partial charge in [-0.15, -0.1) is 0 Å². The molecule has 1 amide bonds. The zero-order chi connectivity index (χ0) is 20.7. The molecule has 0 radical (unpaired) electrons. The van der Waals surface area contributed by atoms with Crippen LogP contribution in [0.4, 0.5) is 5.69 Å². The maximum absolute atomic E-state index is 13.0. The van der Waals surface area contributed by atoms with Crippen molar-refractivity contribution in [1.29, 1.82) is 0 Å². The predicted octanol–water partition coefficient (Wildman–Crippen LogP) is 3.90. The highest BCUT2D eigenvalue weighted by molar-refractivity contribution is 6.32. The van der Waals surface area contributed by atoms with Gasteiger partial charge in [-0.3, -0.25) is 14.7 Å². The second-order valence-corrected chi connectivity index (χ2v) is 7.32. The van der Waals surface area contributed by atoms with Gasteiger partial charge in [0.05, 0.1) is 28.2 Å². The zero-order valence-electron chi connectivity index (χ0n) is 16.9. The van der Waals surface area contributed by atoms with E-state index in [4.69, 9.17) is 0 Å². The van der Waals surface area contributed by atoms with E-state index in [9.17, 15) is 9.59 Å². The van der Waals surface area contributed by atoms with Crippen LogP contribution in [0.1, 0.15) is 29.3 Å². The minimum absolute atomic E-state index is 0.201. The van der Waals surface area contributed by atoms with Crippen molar-refractivity contribution >= 4 is 23.4 Å². The summed E-state index contributed by atoms with van der Waals surface area (Å²) in [6.45, 7) is 7.58. The maximum atomic E-state index is 13.0. The standard InChI is InChI=1S/C23H22N4O2/c1-14-5-9-18(10-6-14)26-22(28)20(16(3)24-26)13-21-17(4)25-27(23(21)29)19-11-7-15(2)8-12-19/h5-13,24H,1-4H3/b21-13+. The molecule has 1 aromatic heterocycles. The normalized spacial score (nSPS) is 15.3. The number of hydrogen-bond acceptors (Lipinski definition) is 3. The van der Waals surface area contributed by atoms with E-state index in [1.807, 2.05) is 69.3 Å². The number of nitrogens with zero attached hydrogens (tertiary/aromatic N) is 3. The lowest BCUT2D eigenvalue weighted by molar-refractivity contribution is -0.114. The van der Waals surface area contributed by atoms with Crippen LogP contribution >= 0.6 is 0 Å². The molecule has 0 unspecified atom stereocenters. The number of hydrogen-bond donors (Lipinski definition) is 1. The second-order valence-electron chi connectivity index (χ2n) is 7.32. The first-order valence-electron chi connectivity index (χ1n) is 9.42. The van der Waals surface area contributed by atoms with Crippen LogP contribution in [0.3, 0.4) is 0 Å². The summed E-state index contributed by atoms with van der Waals surface area (Å²) in [5, 5.41) is 8.87.